The SMILES string of the molecule is O=C(N[C@H]1c2ccccc2C2(CCNCC2)[C@@H]1O)c1cn2ccsc2n1. The quantitative estimate of drug-likeness (QED) is 0.645. The third-order valence-electron chi connectivity index (χ3n) is 5.82. The highest BCUT2D eigenvalue weighted by atomic mass is 32.1. The Bertz CT molecular complexity index is 944. The van der Waals surface area contributed by atoms with E-state index in [1.54, 1.807) is 6.20 Å². The summed E-state index contributed by atoms with van der Waals surface area (Å²) in [7, 11) is 0. The summed E-state index contributed by atoms with van der Waals surface area (Å²) < 4.78 is 1.84. The van der Waals surface area contributed by atoms with Gasteiger partial charge in [0.25, 0.3) is 5.91 Å². The lowest BCUT2D eigenvalue weighted by molar-refractivity contribution is 0.0417. The minimum atomic E-state index is -0.630. The fourth-order valence-electron chi connectivity index (χ4n) is 4.52. The van der Waals surface area contributed by atoms with Gasteiger partial charge in [0.2, 0.25) is 0 Å². The van der Waals surface area contributed by atoms with Crippen LogP contribution in [-0.2, 0) is 5.41 Å². The monoisotopic (exact) mass is 368 g/mol. The standard InChI is InChI=1S/C19H20N4O2S/c24-16-15(22-17(25)14-11-23-9-10-26-18(23)21-14)12-3-1-2-4-13(12)19(16)5-7-20-8-6-19/h1-4,9-11,15-16,20,24H,5-8H2,(H,22,25)/t15-,16+/m0/s1. The van der Waals surface area contributed by atoms with E-state index in [1.165, 1.54) is 16.9 Å². The van der Waals surface area contributed by atoms with Gasteiger partial charge in [-0.25, -0.2) is 4.98 Å². The average molecular weight is 368 g/mol. The van der Waals surface area contributed by atoms with Gasteiger partial charge in [0.05, 0.1) is 12.1 Å². The van der Waals surface area contributed by atoms with Crippen LogP contribution in [0, 0.1) is 0 Å². The van der Waals surface area contributed by atoms with Crippen LogP contribution < -0.4 is 10.6 Å². The Kier molecular flexibility index (Phi) is 3.63. The van der Waals surface area contributed by atoms with Gasteiger partial charge in [0.1, 0.15) is 5.69 Å². The number of nitrogens with zero attached hydrogens (tertiary/aromatic N) is 2. The first kappa shape index (κ1) is 16.0. The summed E-state index contributed by atoms with van der Waals surface area (Å²) in [5.74, 6) is -0.245. The lowest BCUT2D eigenvalue weighted by atomic mass is 9.72. The van der Waals surface area contributed by atoms with Gasteiger partial charge in [0.15, 0.2) is 4.96 Å². The lowest BCUT2D eigenvalue weighted by Crippen LogP contribution is -2.48. The van der Waals surface area contributed by atoms with Crippen molar-refractivity contribution in [2.24, 2.45) is 0 Å². The maximum atomic E-state index is 12.8. The van der Waals surface area contributed by atoms with Crippen molar-refractivity contribution < 1.29 is 9.90 Å². The smallest absolute Gasteiger partial charge is 0.272 e. The van der Waals surface area contributed by atoms with Gasteiger partial charge >= 0.3 is 0 Å². The number of piperidine rings is 1. The fraction of sp³-hybridized carbons (Fsp3) is 0.368. The summed E-state index contributed by atoms with van der Waals surface area (Å²) in [5.41, 5.74) is 2.29. The normalized spacial score (nSPS) is 24.0. The van der Waals surface area contributed by atoms with Crippen LogP contribution >= 0.6 is 11.3 Å². The Balaban J connectivity index is 1.48. The third kappa shape index (κ3) is 2.24. The summed E-state index contributed by atoms with van der Waals surface area (Å²) in [5, 5.41) is 19.6. The number of aromatic nitrogens is 2. The third-order valence-corrected chi connectivity index (χ3v) is 6.59. The van der Waals surface area contributed by atoms with Crippen molar-refractivity contribution in [3.8, 4) is 0 Å². The number of fused-ring (bicyclic) bond motifs is 3. The molecule has 1 aromatic carbocycles. The molecule has 3 aromatic rings. The molecule has 1 saturated heterocycles. The van der Waals surface area contributed by atoms with Crippen molar-refractivity contribution in [1.29, 1.82) is 0 Å². The molecule has 6 nitrogen and oxygen atoms in total. The molecule has 5 rings (SSSR count). The molecular formula is C19H20N4O2S. The summed E-state index contributed by atoms with van der Waals surface area (Å²) in [6.07, 6.45) is 4.73. The Labute approximate surface area is 154 Å². The van der Waals surface area contributed by atoms with Gasteiger partial charge < -0.3 is 15.7 Å². The Morgan fingerprint density at radius 3 is 2.96 bits per heavy atom. The van der Waals surface area contributed by atoms with E-state index in [-0.39, 0.29) is 11.3 Å². The molecule has 2 aliphatic rings. The van der Waals surface area contributed by atoms with E-state index in [0.29, 0.717) is 5.69 Å². The van der Waals surface area contributed by atoms with Crippen LogP contribution in [0.4, 0.5) is 0 Å². The van der Waals surface area contributed by atoms with Gasteiger partial charge in [-0.05, 0) is 37.1 Å². The molecule has 0 saturated carbocycles. The first-order valence-electron chi connectivity index (χ1n) is 8.90. The minimum absolute atomic E-state index is 0.245. The molecule has 3 heterocycles. The maximum Gasteiger partial charge on any atom is 0.272 e. The zero-order valence-electron chi connectivity index (χ0n) is 14.2. The van der Waals surface area contributed by atoms with Gasteiger partial charge in [-0.15, -0.1) is 11.3 Å². The molecule has 0 radical (unpaired) electrons. The number of hydrogen-bond acceptors (Lipinski definition) is 5. The van der Waals surface area contributed by atoms with E-state index in [1.807, 2.05) is 34.2 Å². The average Bonchev–Trinajstić information content (AvgIpc) is 3.32. The van der Waals surface area contributed by atoms with Crippen LogP contribution in [-0.4, -0.2) is 39.6 Å². The van der Waals surface area contributed by atoms with E-state index < -0.39 is 12.1 Å². The van der Waals surface area contributed by atoms with Crippen LogP contribution in [0.15, 0.2) is 42.0 Å². The van der Waals surface area contributed by atoms with Crippen molar-refractivity contribution in [3.05, 3.63) is 58.9 Å². The van der Waals surface area contributed by atoms with Crippen LogP contribution in [0.1, 0.15) is 40.5 Å². The van der Waals surface area contributed by atoms with Gasteiger partial charge in [-0.2, -0.15) is 0 Å². The van der Waals surface area contributed by atoms with Crippen molar-refractivity contribution in [1.82, 2.24) is 20.0 Å². The molecule has 0 bridgehead atoms. The molecule has 7 heteroatoms. The molecule has 1 aliphatic carbocycles. The van der Waals surface area contributed by atoms with E-state index in [0.717, 1.165) is 36.5 Å². The highest BCUT2D eigenvalue weighted by molar-refractivity contribution is 7.15. The van der Waals surface area contributed by atoms with Crippen molar-refractivity contribution in [2.45, 2.75) is 30.4 Å². The molecule has 1 amide bonds. The van der Waals surface area contributed by atoms with Gasteiger partial charge in [-0.3, -0.25) is 9.20 Å². The van der Waals surface area contributed by atoms with E-state index in [2.05, 4.69) is 21.7 Å². The predicted molar refractivity (Wildman–Crippen MR) is 99.5 cm³/mol. The summed E-state index contributed by atoms with van der Waals surface area (Å²) in [6.45, 7) is 1.76. The minimum Gasteiger partial charge on any atom is -0.390 e. The maximum absolute atomic E-state index is 12.8. The highest BCUT2D eigenvalue weighted by Crippen LogP contribution is 2.50. The number of carbonyl (C=O) groups is 1. The zero-order valence-corrected chi connectivity index (χ0v) is 15.0. The number of carbonyl (C=O) groups excluding carboxylic acids is 1. The topological polar surface area (TPSA) is 78.7 Å². The summed E-state index contributed by atoms with van der Waals surface area (Å²) >= 11 is 1.49. The van der Waals surface area contributed by atoms with Gasteiger partial charge in [0, 0.05) is 23.2 Å². The summed E-state index contributed by atoms with van der Waals surface area (Å²) in [6, 6.07) is 7.70. The van der Waals surface area contributed by atoms with Crippen molar-refractivity contribution >= 4 is 22.2 Å². The van der Waals surface area contributed by atoms with E-state index in [9.17, 15) is 9.90 Å². The number of aliphatic hydroxyl groups excluding tert-OH is 1. The molecule has 1 spiro atoms. The van der Waals surface area contributed by atoms with Gasteiger partial charge in [-0.1, -0.05) is 24.3 Å². The van der Waals surface area contributed by atoms with E-state index in [4.69, 9.17) is 0 Å². The van der Waals surface area contributed by atoms with Crippen LogP contribution in [0.5, 0.6) is 0 Å². The second-order valence-electron chi connectivity index (χ2n) is 7.11. The Hall–Kier alpha value is -2.22. The molecule has 2 aromatic heterocycles. The second kappa shape index (κ2) is 5.90. The summed E-state index contributed by atoms with van der Waals surface area (Å²) in [4.78, 5) is 18.0. The molecule has 134 valence electrons. The lowest BCUT2D eigenvalue weighted by Gasteiger charge is -2.38. The number of hydrogen-bond donors (Lipinski definition) is 3. The molecular weight excluding hydrogens is 348 g/mol. The Morgan fingerprint density at radius 1 is 1.35 bits per heavy atom. The van der Waals surface area contributed by atoms with Crippen LogP contribution in [0.25, 0.3) is 4.96 Å². The predicted octanol–water partition coefficient (Wildman–Crippen LogP) is 1.86. The second-order valence-corrected chi connectivity index (χ2v) is 7.98. The molecule has 3 N–H and O–H groups in total. The molecule has 1 fully saturated rings. The van der Waals surface area contributed by atoms with Crippen LogP contribution in [0.2, 0.25) is 0 Å². The molecule has 26 heavy (non-hydrogen) atoms. The zero-order chi connectivity index (χ0) is 17.7. The number of amides is 1. The highest BCUT2D eigenvalue weighted by Gasteiger charge is 2.52. The van der Waals surface area contributed by atoms with Crippen molar-refractivity contribution in [3.63, 3.8) is 0 Å². The first-order chi connectivity index (χ1) is 12.7. The number of nitrogens with one attached hydrogen (secondary N) is 2. The largest absolute Gasteiger partial charge is 0.390 e. The molecule has 0 unspecified atom stereocenters. The Morgan fingerprint density at radius 2 is 2.15 bits per heavy atom. The number of benzene rings is 1. The number of rotatable bonds is 2. The fourth-order valence-corrected chi connectivity index (χ4v) is 5.22. The molecule has 1 aliphatic heterocycles. The van der Waals surface area contributed by atoms with E-state index >= 15 is 0 Å². The first-order valence-corrected chi connectivity index (χ1v) is 9.78. The van der Waals surface area contributed by atoms with Crippen molar-refractivity contribution in [2.75, 3.05) is 13.1 Å². The number of aliphatic hydroxyl groups is 1. The molecule has 2 atom stereocenters. The van der Waals surface area contributed by atoms with Crippen LogP contribution in [0.3, 0.4) is 0 Å². The number of thiazole rings is 1. The number of imidazole rings is 1.